The van der Waals surface area contributed by atoms with Crippen molar-refractivity contribution in [2.24, 2.45) is 5.92 Å². The Hall–Kier alpha value is -2.54. The van der Waals surface area contributed by atoms with Gasteiger partial charge in [0.05, 0.1) is 12.8 Å². The van der Waals surface area contributed by atoms with E-state index in [2.05, 4.69) is 19.2 Å². The van der Waals surface area contributed by atoms with Gasteiger partial charge in [0.25, 0.3) is 10.0 Å². The van der Waals surface area contributed by atoms with Gasteiger partial charge in [-0.05, 0) is 56.0 Å². The molecule has 0 aliphatic heterocycles. The third kappa shape index (κ3) is 5.97. The van der Waals surface area contributed by atoms with Crippen molar-refractivity contribution >= 4 is 21.6 Å². The Morgan fingerprint density at radius 3 is 2.28 bits per heavy atom. The Kier molecular flexibility index (Phi) is 7.67. The number of sulfonamides is 1. The molecule has 1 amide bonds. The Morgan fingerprint density at radius 1 is 1.07 bits per heavy atom. The fourth-order valence-electron chi connectivity index (χ4n) is 2.82. The van der Waals surface area contributed by atoms with Crippen molar-refractivity contribution in [1.82, 2.24) is 5.32 Å². The summed E-state index contributed by atoms with van der Waals surface area (Å²) in [7, 11) is -2.59. The first-order chi connectivity index (χ1) is 13.6. The summed E-state index contributed by atoms with van der Waals surface area (Å²) in [5.74, 6) is 0.345. The minimum atomic E-state index is -4.02. The first-order valence-electron chi connectivity index (χ1n) is 9.66. The largest absolute Gasteiger partial charge is 0.495 e. The summed E-state index contributed by atoms with van der Waals surface area (Å²) in [5, 5.41) is 2.81. The molecule has 0 spiro atoms. The highest BCUT2D eigenvalue weighted by molar-refractivity contribution is 7.93. The number of hydrogen-bond donors (Lipinski definition) is 1. The normalized spacial score (nSPS) is 11.4. The lowest BCUT2D eigenvalue weighted by molar-refractivity contribution is -0.119. The minimum absolute atomic E-state index is 0.0376. The number of carbonyl (C=O) groups is 1. The molecule has 0 heterocycles. The predicted octanol–water partition coefficient (Wildman–Crippen LogP) is 3.67. The molecule has 2 aromatic rings. The van der Waals surface area contributed by atoms with E-state index in [4.69, 9.17) is 4.74 Å². The van der Waals surface area contributed by atoms with Gasteiger partial charge in [0, 0.05) is 6.54 Å². The highest BCUT2D eigenvalue weighted by Gasteiger charge is 2.30. The third-order valence-corrected chi connectivity index (χ3v) is 6.34. The number of benzene rings is 2. The number of nitrogens with one attached hydrogen (secondary N) is 1. The van der Waals surface area contributed by atoms with E-state index in [0.29, 0.717) is 18.2 Å². The molecule has 0 unspecified atom stereocenters. The van der Waals surface area contributed by atoms with Gasteiger partial charge in [-0.15, -0.1) is 0 Å². The Morgan fingerprint density at radius 2 is 1.69 bits per heavy atom. The van der Waals surface area contributed by atoms with Crippen LogP contribution in [-0.4, -0.2) is 34.5 Å². The zero-order valence-electron chi connectivity index (χ0n) is 17.7. The van der Waals surface area contributed by atoms with Gasteiger partial charge in [-0.25, -0.2) is 8.42 Å². The highest BCUT2D eigenvalue weighted by atomic mass is 32.2. The number of methoxy groups -OCH3 is 1. The number of ether oxygens (including phenoxy) is 1. The van der Waals surface area contributed by atoms with Crippen LogP contribution >= 0.6 is 0 Å². The SMILES string of the molecule is COc1ccc(C)cc1S(=O)(=O)N(CC(=O)NCCC(C)C)c1ccc(C)cc1. The molecule has 158 valence electrons. The Balaban J connectivity index is 2.42. The molecule has 2 rings (SSSR count). The van der Waals surface area contributed by atoms with E-state index in [-0.39, 0.29) is 23.1 Å². The average molecular weight is 419 g/mol. The monoisotopic (exact) mass is 418 g/mol. The summed E-state index contributed by atoms with van der Waals surface area (Å²) in [6, 6.07) is 12.0. The molecule has 0 fully saturated rings. The molecule has 0 aliphatic rings. The van der Waals surface area contributed by atoms with E-state index in [0.717, 1.165) is 21.9 Å². The molecule has 0 saturated heterocycles. The average Bonchev–Trinajstić information content (AvgIpc) is 2.66. The zero-order valence-corrected chi connectivity index (χ0v) is 18.5. The van der Waals surface area contributed by atoms with E-state index in [1.165, 1.54) is 7.11 Å². The predicted molar refractivity (Wildman–Crippen MR) is 116 cm³/mol. The summed E-state index contributed by atoms with van der Waals surface area (Å²) in [6.45, 7) is 8.07. The molecule has 0 saturated carbocycles. The summed E-state index contributed by atoms with van der Waals surface area (Å²) < 4.78 is 33.5. The standard InChI is InChI=1S/C22H30N2O4S/c1-16(2)12-13-23-22(25)15-24(19-9-6-17(3)7-10-19)29(26,27)21-14-18(4)8-11-20(21)28-5/h6-11,14,16H,12-13,15H2,1-5H3,(H,23,25). The maximum atomic E-state index is 13.5. The van der Waals surface area contributed by atoms with Crippen LogP contribution in [0.1, 0.15) is 31.4 Å². The van der Waals surface area contributed by atoms with Crippen molar-refractivity contribution in [3.05, 3.63) is 53.6 Å². The topological polar surface area (TPSA) is 75.7 Å². The smallest absolute Gasteiger partial charge is 0.268 e. The molecule has 7 heteroatoms. The highest BCUT2D eigenvalue weighted by Crippen LogP contribution is 2.30. The van der Waals surface area contributed by atoms with Crippen LogP contribution in [0.4, 0.5) is 5.69 Å². The van der Waals surface area contributed by atoms with Crippen molar-refractivity contribution in [2.75, 3.05) is 24.5 Å². The molecule has 29 heavy (non-hydrogen) atoms. The van der Waals surface area contributed by atoms with Crippen molar-refractivity contribution in [3.63, 3.8) is 0 Å². The molecule has 0 aromatic heterocycles. The number of carbonyl (C=O) groups excluding carboxylic acids is 1. The number of rotatable bonds is 9. The van der Waals surface area contributed by atoms with Crippen LogP contribution in [-0.2, 0) is 14.8 Å². The number of hydrogen-bond acceptors (Lipinski definition) is 4. The van der Waals surface area contributed by atoms with Crippen LogP contribution in [0.5, 0.6) is 5.75 Å². The summed E-state index contributed by atoms with van der Waals surface area (Å²) >= 11 is 0. The summed E-state index contributed by atoms with van der Waals surface area (Å²) in [4.78, 5) is 12.6. The van der Waals surface area contributed by atoms with Crippen LogP contribution in [0.15, 0.2) is 47.4 Å². The van der Waals surface area contributed by atoms with Gasteiger partial charge >= 0.3 is 0 Å². The van der Waals surface area contributed by atoms with Gasteiger partial charge in [-0.2, -0.15) is 0 Å². The molecule has 6 nitrogen and oxygen atoms in total. The van der Waals surface area contributed by atoms with Gasteiger partial charge in [-0.3, -0.25) is 9.10 Å². The Bertz CT molecular complexity index is 938. The molecule has 0 aliphatic carbocycles. The lowest BCUT2D eigenvalue weighted by Crippen LogP contribution is -2.41. The number of aryl methyl sites for hydroxylation is 2. The molecule has 1 N–H and O–H groups in total. The van der Waals surface area contributed by atoms with Crippen molar-refractivity contribution in [1.29, 1.82) is 0 Å². The molecule has 0 atom stereocenters. The van der Waals surface area contributed by atoms with Gasteiger partial charge < -0.3 is 10.1 Å². The first kappa shape index (κ1) is 22.7. The number of nitrogens with zero attached hydrogens (tertiary/aromatic N) is 1. The van der Waals surface area contributed by atoms with Crippen molar-refractivity contribution in [2.45, 2.75) is 39.0 Å². The maximum Gasteiger partial charge on any atom is 0.268 e. The number of amides is 1. The molecular formula is C22H30N2O4S. The van der Waals surface area contributed by atoms with Crippen LogP contribution in [0, 0.1) is 19.8 Å². The fraction of sp³-hybridized carbons (Fsp3) is 0.409. The zero-order chi connectivity index (χ0) is 21.6. The van der Waals surface area contributed by atoms with Gasteiger partial charge in [0.1, 0.15) is 17.2 Å². The minimum Gasteiger partial charge on any atom is -0.495 e. The lowest BCUT2D eigenvalue weighted by atomic mass is 10.1. The van der Waals surface area contributed by atoms with E-state index in [1.54, 1.807) is 30.3 Å². The third-order valence-electron chi connectivity index (χ3n) is 4.54. The first-order valence-corrected chi connectivity index (χ1v) is 11.1. The molecular weight excluding hydrogens is 388 g/mol. The van der Waals surface area contributed by atoms with Crippen molar-refractivity contribution in [3.8, 4) is 5.75 Å². The molecule has 0 bridgehead atoms. The van der Waals surface area contributed by atoms with Crippen molar-refractivity contribution < 1.29 is 17.9 Å². The lowest BCUT2D eigenvalue weighted by Gasteiger charge is -2.25. The van der Waals surface area contributed by atoms with E-state index in [9.17, 15) is 13.2 Å². The van der Waals surface area contributed by atoms with E-state index >= 15 is 0 Å². The van der Waals surface area contributed by atoms with E-state index < -0.39 is 10.0 Å². The second-order valence-electron chi connectivity index (χ2n) is 7.53. The molecule has 0 radical (unpaired) electrons. The Labute approximate surface area is 173 Å². The fourth-order valence-corrected chi connectivity index (χ4v) is 4.48. The van der Waals surface area contributed by atoms with Crippen LogP contribution in [0.3, 0.4) is 0 Å². The van der Waals surface area contributed by atoms with Gasteiger partial charge in [-0.1, -0.05) is 37.6 Å². The van der Waals surface area contributed by atoms with Crippen LogP contribution in [0.25, 0.3) is 0 Å². The van der Waals surface area contributed by atoms with Crippen LogP contribution < -0.4 is 14.4 Å². The number of anilines is 1. The summed E-state index contributed by atoms with van der Waals surface area (Å²) in [5.41, 5.74) is 2.22. The second-order valence-corrected chi connectivity index (χ2v) is 9.36. The summed E-state index contributed by atoms with van der Waals surface area (Å²) in [6.07, 6.45) is 0.828. The maximum absolute atomic E-state index is 13.5. The molecule has 2 aromatic carbocycles. The second kappa shape index (κ2) is 9.78. The van der Waals surface area contributed by atoms with Gasteiger partial charge in [0.15, 0.2) is 0 Å². The van der Waals surface area contributed by atoms with Crippen LogP contribution in [0.2, 0.25) is 0 Å². The van der Waals surface area contributed by atoms with Gasteiger partial charge in [0.2, 0.25) is 5.91 Å². The van der Waals surface area contributed by atoms with E-state index in [1.807, 2.05) is 26.0 Å². The quantitative estimate of drug-likeness (QED) is 0.674.